The van der Waals surface area contributed by atoms with Crippen molar-refractivity contribution in [1.82, 2.24) is 0 Å². The van der Waals surface area contributed by atoms with Crippen LogP contribution >= 0.6 is 0 Å². The molecule has 0 amide bonds. The number of benzene rings is 4. The van der Waals surface area contributed by atoms with E-state index in [1.807, 2.05) is 49.4 Å². The average Bonchev–Trinajstić information content (AvgIpc) is 3.03. The van der Waals surface area contributed by atoms with Crippen LogP contribution in [0.1, 0.15) is 52.4 Å². The number of esters is 1. The van der Waals surface area contributed by atoms with Crippen LogP contribution in [0.25, 0.3) is 0 Å². The molecular weight excluding hydrogens is 556 g/mol. The molecule has 0 saturated heterocycles. The van der Waals surface area contributed by atoms with Gasteiger partial charge in [-0.1, -0.05) is 55.8 Å². The van der Waals surface area contributed by atoms with E-state index in [4.69, 9.17) is 29.4 Å². The zero-order chi connectivity index (χ0) is 31.2. The molecule has 1 atom stereocenters. The van der Waals surface area contributed by atoms with Crippen LogP contribution in [-0.2, 0) is 6.61 Å². The third-order valence-corrected chi connectivity index (χ3v) is 7.11. The van der Waals surface area contributed by atoms with E-state index in [0.29, 0.717) is 53.3 Å². The van der Waals surface area contributed by atoms with E-state index in [0.717, 1.165) is 11.1 Å². The molecule has 0 spiro atoms. The van der Waals surface area contributed by atoms with E-state index in [1.54, 1.807) is 49.6 Å². The first kappa shape index (κ1) is 30.1. The number of carbonyl (C=O) groups excluding carboxylic acids is 1. The number of ether oxygens (including phenoxy) is 5. The third kappa shape index (κ3) is 6.79. The second kappa shape index (κ2) is 13.3. The van der Waals surface area contributed by atoms with Gasteiger partial charge in [-0.15, -0.1) is 0 Å². The second-order valence-corrected chi connectivity index (χ2v) is 10.9. The van der Waals surface area contributed by atoms with Crippen molar-refractivity contribution in [1.29, 1.82) is 5.26 Å². The Morgan fingerprint density at radius 3 is 2.34 bits per heavy atom. The first-order chi connectivity index (χ1) is 21.2. The molecule has 1 heterocycles. The standard InChI is InChI=1S/C36H34N2O6/c1-22(2)20-41-27-12-9-25(10-13-27)36(39)43-28-14-15-29-32(18-28)44-35(38)30(19-37)34(29)26-11-16-31(33(17-26)40-4)42-21-24-7-5-23(3)6-8-24/h5-18,22,34H,20-21,38H2,1-4H3. The van der Waals surface area contributed by atoms with Crippen molar-refractivity contribution in [2.24, 2.45) is 11.7 Å². The summed E-state index contributed by atoms with van der Waals surface area (Å²) in [5.41, 5.74) is 10.5. The van der Waals surface area contributed by atoms with Crippen LogP contribution < -0.4 is 29.4 Å². The van der Waals surface area contributed by atoms with Crippen LogP contribution in [0.4, 0.5) is 0 Å². The minimum atomic E-state index is -0.535. The van der Waals surface area contributed by atoms with E-state index in [9.17, 15) is 10.1 Å². The maximum atomic E-state index is 12.9. The summed E-state index contributed by atoms with van der Waals surface area (Å²) in [6, 6.07) is 27.7. The Kier molecular flexibility index (Phi) is 9.06. The van der Waals surface area contributed by atoms with E-state index in [2.05, 4.69) is 19.9 Å². The molecule has 2 N–H and O–H groups in total. The van der Waals surface area contributed by atoms with Crippen LogP contribution in [0.3, 0.4) is 0 Å². The lowest BCUT2D eigenvalue weighted by molar-refractivity contribution is 0.0734. The lowest BCUT2D eigenvalue weighted by Crippen LogP contribution is -2.21. The van der Waals surface area contributed by atoms with Crippen molar-refractivity contribution in [3.8, 4) is 34.8 Å². The number of aryl methyl sites for hydroxylation is 1. The zero-order valence-electron chi connectivity index (χ0n) is 25.1. The van der Waals surface area contributed by atoms with Crippen molar-refractivity contribution in [2.75, 3.05) is 13.7 Å². The molecule has 0 saturated carbocycles. The molecule has 0 fully saturated rings. The van der Waals surface area contributed by atoms with Gasteiger partial charge in [0.25, 0.3) is 0 Å². The summed E-state index contributed by atoms with van der Waals surface area (Å²) in [4.78, 5) is 12.9. The topological polar surface area (TPSA) is 113 Å². The molecule has 0 aromatic heterocycles. The molecule has 1 aliphatic heterocycles. The lowest BCUT2D eigenvalue weighted by Gasteiger charge is -2.27. The van der Waals surface area contributed by atoms with E-state index in [-0.39, 0.29) is 17.2 Å². The summed E-state index contributed by atoms with van der Waals surface area (Å²) in [7, 11) is 1.57. The van der Waals surface area contributed by atoms with Gasteiger partial charge in [-0.05, 0) is 66.4 Å². The highest BCUT2D eigenvalue weighted by atomic mass is 16.5. The van der Waals surface area contributed by atoms with Crippen LogP contribution in [0.2, 0.25) is 0 Å². The molecule has 1 aliphatic rings. The molecule has 0 bridgehead atoms. The molecule has 4 aromatic carbocycles. The summed E-state index contributed by atoms with van der Waals surface area (Å²) in [5, 5.41) is 10.0. The molecule has 0 radical (unpaired) electrons. The van der Waals surface area contributed by atoms with Crippen molar-refractivity contribution in [2.45, 2.75) is 33.3 Å². The fourth-order valence-corrected chi connectivity index (χ4v) is 4.79. The fourth-order valence-electron chi connectivity index (χ4n) is 4.79. The Labute approximate surface area is 257 Å². The molecule has 224 valence electrons. The SMILES string of the molecule is COc1cc(C2C(C#N)=C(N)Oc3cc(OC(=O)c4ccc(OCC(C)C)cc4)ccc32)ccc1OCc1ccc(C)cc1. The first-order valence-corrected chi connectivity index (χ1v) is 14.3. The predicted molar refractivity (Wildman–Crippen MR) is 166 cm³/mol. The average molecular weight is 591 g/mol. The third-order valence-electron chi connectivity index (χ3n) is 7.11. The molecule has 1 unspecified atom stereocenters. The normalized spacial score (nSPS) is 13.9. The number of carbonyl (C=O) groups is 1. The number of nitriles is 1. The Hall–Kier alpha value is -5.42. The summed E-state index contributed by atoms with van der Waals surface area (Å²) >= 11 is 0. The molecule has 8 nitrogen and oxygen atoms in total. The van der Waals surface area contributed by atoms with Gasteiger partial charge in [0.2, 0.25) is 5.88 Å². The van der Waals surface area contributed by atoms with Crippen molar-refractivity contribution < 1.29 is 28.5 Å². The van der Waals surface area contributed by atoms with Crippen LogP contribution in [0.15, 0.2) is 96.4 Å². The lowest BCUT2D eigenvalue weighted by atomic mass is 9.83. The van der Waals surface area contributed by atoms with Crippen molar-refractivity contribution in [3.05, 3.63) is 124 Å². The Morgan fingerprint density at radius 1 is 0.932 bits per heavy atom. The number of allylic oxidation sites excluding steroid dienone is 1. The Bertz CT molecular complexity index is 1720. The van der Waals surface area contributed by atoms with Gasteiger partial charge in [0.1, 0.15) is 35.5 Å². The number of rotatable bonds is 10. The monoisotopic (exact) mass is 590 g/mol. The summed E-state index contributed by atoms with van der Waals surface area (Å²) in [6.45, 7) is 7.14. The van der Waals surface area contributed by atoms with Gasteiger partial charge in [0.15, 0.2) is 11.5 Å². The molecule has 8 heteroatoms. The first-order valence-electron chi connectivity index (χ1n) is 14.3. The molecule has 5 rings (SSSR count). The quantitative estimate of drug-likeness (QED) is 0.154. The number of nitrogens with two attached hydrogens (primary N) is 1. The Morgan fingerprint density at radius 2 is 1.66 bits per heavy atom. The number of fused-ring (bicyclic) bond motifs is 1. The second-order valence-electron chi connectivity index (χ2n) is 10.9. The van der Waals surface area contributed by atoms with Gasteiger partial charge >= 0.3 is 5.97 Å². The van der Waals surface area contributed by atoms with Crippen molar-refractivity contribution >= 4 is 5.97 Å². The minimum Gasteiger partial charge on any atom is -0.493 e. The number of hydrogen-bond acceptors (Lipinski definition) is 8. The summed E-state index contributed by atoms with van der Waals surface area (Å²) in [6.07, 6.45) is 0. The van der Waals surface area contributed by atoms with Crippen LogP contribution in [0.5, 0.6) is 28.7 Å². The highest BCUT2D eigenvalue weighted by Crippen LogP contribution is 2.45. The fraction of sp³-hybridized carbons (Fsp3) is 0.222. The summed E-state index contributed by atoms with van der Waals surface area (Å²) < 4.78 is 28.9. The number of nitrogens with zero attached hydrogens (tertiary/aromatic N) is 1. The Balaban J connectivity index is 1.36. The zero-order valence-corrected chi connectivity index (χ0v) is 25.1. The number of hydrogen-bond donors (Lipinski definition) is 1. The van der Waals surface area contributed by atoms with E-state index < -0.39 is 11.9 Å². The minimum absolute atomic E-state index is 0.0240. The maximum absolute atomic E-state index is 12.9. The van der Waals surface area contributed by atoms with Crippen molar-refractivity contribution in [3.63, 3.8) is 0 Å². The van der Waals surface area contributed by atoms with Crippen LogP contribution in [-0.4, -0.2) is 19.7 Å². The molecule has 44 heavy (non-hydrogen) atoms. The molecule has 0 aliphatic carbocycles. The van der Waals surface area contributed by atoms with Crippen LogP contribution in [0, 0.1) is 24.2 Å². The molecule has 4 aromatic rings. The van der Waals surface area contributed by atoms with Gasteiger partial charge in [0, 0.05) is 11.6 Å². The highest BCUT2D eigenvalue weighted by molar-refractivity contribution is 5.91. The van der Waals surface area contributed by atoms with Gasteiger partial charge in [-0.25, -0.2) is 4.79 Å². The summed E-state index contributed by atoms with van der Waals surface area (Å²) in [5.74, 6) is 1.73. The highest BCUT2D eigenvalue weighted by Gasteiger charge is 2.32. The predicted octanol–water partition coefficient (Wildman–Crippen LogP) is 7.05. The number of methoxy groups -OCH3 is 1. The smallest absolute Gasteiger partial charge is 0.343 e. The molecular formula is C36H34N2O6. The van der Waals surface area contributed by atoms with Gasteiger partial charge in [-0.2, -0.15) is 5.26 Å². The largest absolute Gasteiger partial charge is 0.493 e. The van der Waals surface area contributed by atoms with Gasteiger partial charge < -0.3 is 29.4 Å². The van der Waals surface area contributed by atoms with E-state index in [1.165, 1.54) is 5.56 Å². The van der Waals surface area contributed by atoms with E-state index >= 15 is 0 Å². The maximum Gasteiger partial charge on any atom is 0.343 e. The van der Waals surface area contributed by atoms with Gasteiger partial charge in [0.05, 0.1) is 25.2 Å². The van der Waals surface area contributed by atoms with Gasteiger partial charge in [-0.3, -0.25) is 0 Å².